The molecule has 0 aromatic heterocycles. The highest BCUT2D eigenvalue weighted by Crippen LogP contribution is 2.28. The lowest BCUT2D eigenvalue weighted by Gasteiger charge is -2.32. The number of nitrogens with zero attached hydrogens (tertiary/aromatic N) is 1. The van der Waals surface area contributed by atoms with E-state index in [1.807, 2.05) is 18.2 Å². The second-order valence-electron chi connectivity index (χ2n) is 8.21. The number of ether oxygens (including phenoxy) is 3. The van der Waals surface area contributed by atoms with Crippen LogP contribution < -0.4 is 20.5 Å². The Morgan fingerprint density at radius 3 is 2.49 bits per heavy atom. The summed E-state index contributed by atoms with van der Waals surface area (Å²) in [6, 6.07) is 15.3. The van der Waals surface area contributed by atoms with Crippen molar-refractivity contribution in [1.82, 2.24) is 10.2 Å². The number of methoxy groups -OCH3 is 1. The fourth-order valence-corrected chi connectivity index (χ4v) is 3.75. The second-order valence-corrected chi connectivity index (χ2v) is 8.21. The molecule has 1 fully saturated rings. The molecule has 186 valence electrons. The van der Waals surface area contributed by atoms with Gasteiger partial charge in [-0.05, 0) is 42.2 Å². The van der Waals surface area contributed by atoms with Gasteiger partial charge in [-0.1, -0.05) is 36.4 Å². The fourth-order valence-electron chi connectivity index (χ4n) is 3.75. The number of carbonyl (C=O) groups is 3. The zero-order valence-corrected chi connectivity index (χ0v) is 19.8. The fraction of sp³-hybridized carbons (Fsp3) is 0.346. The number of likely N-dealkylation sites (tertiary alicyclic amines) is 1. The number of benzene rings is 2. The Kier molecular flexibility index (Phi) is 9.68. The van der Waals surface area contributed by atoms with Crippen molar-refractivity contribution >= 4 is 23.9 Å². The highest BCUT2D eigenvalue weighted by molar-refractivity contribution is 5.89. The Bertz CT molecular complexity index is 1030. The molecule has 3 N–H and O–H groups in total. The Morgan fingerprint density at radius 2 is 1.80 bits per heavy atom. The first-order valence-corrected chi connectivity index (χ1v) is 11.4. The predicted molar refractivity (Wildman–Crippen MR) is 131 cm³/mol. The molecular formula is C26H31N3O6. The molecule has 0 radical (unpaired) electrons. The van der Waals surface area contributed by atoms with E-state index < -0.39 is 11.9 Å². The van der Waals surface area contributed by atoms with Gasteiger partial charge in [0, 0.05) is 31.8 Å². The summed E-state index contributed by atoms with van der Waals surface area (Å²) in [5.74, 6) is -0.808. The summed E-state index contributed by atoms with van der Waals surface area (Å²) in [6.07, 6.45) is 4.47. The molecule has 2 amide bonds. The van der Waals surface area contributed by atoms with Crippen LogP contribution in [-0.2, 0) is 25.7 Å². The number of primary amides is 1. The Labute approximate surface area is 204 Å². The maximum atomic E-state index is 12.2. The van der Waals surface area contributed by atoms with Crippen molar-refractivity contribution in [2.75, 3.05) is 33.4 Å². The van der Waals surface area contributed by atoms with Crippen LogP contribution in [0.1, 0.15) is 24.0 Å². The maximum absolute atomic E-state index is 12.2. The molecule has 3 rings (SSSR count). The summed E-state index contributed by atoms with van der Waals surface area (Å²) in [6.45, 7) is 2.10. The Balaban J connectivity index is 1.38. The molecule has 1 aliphatic rings. The van der Waals surface area contributed by atoms with Crippen molar-refractivity contribution < 1.29 is 28.6 Å². The predicted octanol–water partition coefficient (Wildman–Crippen LogP) is 1.90. The van der Waals surface area contributed by atoms with Crippen molar-refractivity contribution in [3.63, 3.8) is 0 Å². The van der Waals surface area contributed by atoms with Crippen molar-refractivity contribution in [3.8, 4) is 11.5 Å². The van der Waals surface area contributed by atoms with Gasteiger partial charge in [-0.25, -0.2) is 4.79 Å². The van der Waals surface area contributed by atoms with E-state index in [4.69, 9.17) is 19.9 Å². The summed E-state index contributed by atoms with van der Waals surface area (Å²) in [7, 11) is 1.46. The van der Waals surface area contributed by atoms with Crippen molar-refractivity contribution in [2.24, 2.45) is 5.73 Å². The molecule has 0 atom stereocenters. The summed E-state index contributed by atoms with van der Waals surface area (Å²) in [5.41, 5.74) is 7.01. The number of hydrogen-bond acceptors (Lipinski definition) is 7. The average molecular weight is 482 g/mol. The molecule has 1 heterocycles. The zero-order valence-electron chi connectivity index (χ0n) is 19.8. The van der Waals surface area contributed by atoms with Crippen LogP contribution in [0.2, 0.25) is 0 Å². The van der Waals surface area contributed by atoms with Gasteiger partial charge in [0.15, 0.2) is 24.7 Å². The van der Waals surface area contributed by atoms with Gasteiger partial charge in [-0.3, -0.25) is 14.5 Å². The van der Waals surface area contributed by atoms with Gasteiger partial charge in [-0.2, -0.15) is 0 Å². The minimum atomic E-state index is -0.633. The largest absolute Gasteiger partial charge is 0.493 e. The van der Waals surface area contributed by atoms with E-state index in [0.29, 0.717) is 17.1 Å². The summed E-state index contributed by atoms with van der Waals surface area (Å²) >= 11 is 0. The third-order valence-electron chi connectivity index (χ3n) is 5.52. The summed E-state index contributed by atoms with van der Waals surface area (Å²) in [4.78, 5) is 37.5. The topological polar surface area (TPSA) is 120 Å². The van der Waals surface area contributed by atoms with Crippen LogP contribution in [0.3, 0.4) is 0 Å². The molecule has 0 unspecified atom stereocenters. The normalized spacial score (nSPS) is 14.4. The summed E-state index contributed by atoms with van der Waals surface area (Å²) < 4.78 is 15.6. The van der Waals surface area contributed by atoms with Crippen LogP contribution in [0.5, 0.6) is 11.5 Å². The third kappa shape index (κ3) is 8.78. The monoisotopic (exact) mass is 481 g/mol. The molecule has 1 aliphatic heterocycles. The molecule has 2 aromatic rings. The van der Waals surface area contributed by atoms with E-state index in [0.717, 1.165) is 32.5 Å². The zero-order chi connectivity index (χ0) is 25.0. The van der Waals surface area contributed by atoms with Gasteiger partial charge in [0.2, 0.25) is 0 Å². The lowest BCUT2D eigenvalue weighted by atomic mass is 10.0. The minimum absolute atomic E-state index is 0.0755. The highest BCUT2D eigenvalue weighted by atomic mass is 16.5. The molecule has 0 aliphatic carbocycles. The van der Waals surface area contributed by atoms with Gasteiger partial charge in [0.25, 0.3) is 11.8 Å². The maximum Gasteiger partial charge on any atom is 0.331 e. The molecule has 0 saturated carbocycles. The summed E-state index contributed by atoms with van der Waals surface area (Å²) in [5, 5.41) is 2.94. The molecule has 9 nitrogen and oxygen atoms in total. The van der Waals surface area contributed by atoms with E-state index in [2.05, 4.69) is 22.3 Å². The van der Waals surface area contributed by atoms with E-state index in [-0.39, 0.29) is 25.2 Å². The van der Waals surface area contributed by atoms with Gasteiger partial charge in [0.05, 0.1) is 7.11 Å². The van der Waals surface area contributed by atoms with Crippen LogP contribution in [0, 0.1) is 0 Å². The van der Waals surface area contributed by atoms with E-state index in [1.54, 1.807) is 18.2 Å². The number of hydrogen-bond donors (Lipinski definition) is 2. The SMILES string of the molecule is COc1cc(/C=C/C(=O)OCC(=O)NC2CCN(Cc3ccccc3)CC2)ccc1OCC(N)=O. The van der Waals surface area contributed by atoms with Crippen molar-refractivity contribution in [2.45, 2.75) is 25.4 Å². The number of nitrogens with two attached hydrogens (primary N) is 1. The third-order valence-corrected chi connectivity index (χ3v) is 5.52. The smallest absolute Gasteiger partial charge is 0.331 e. The number of rotatable bonds is 11. The molecule has 2 aromatic carbocycles. The number of nitrogens with one attached hydrogen (secondary N) is 1. The first-order valence-electron chi connectivity index (χ1n) is 11.4. The highest BCUT2D eigenvalue weighted by Gasteiger charge is 2.21. The number of piperidine rings is 1. The quantitative estimate of drug-likeness (QED) is 0.371. The molecule has 1 saturated heterocycles. The number of carbonyl (C=O) groups excluding carboxylic acids is 3. The van der Waals surface area contributed by atoms with Crippen LogP contribution in [-0.4, -0.2) is 62.1 Å². The van der Waals surface area contributed by atoms with Gasteiger partial charge >= 0.3 is 5.97 Å². The molecule has 35 heavy (non-hydrogen) atoms. The Hall–Kier alpha value is -3.85. The number of esters is 1. The lowest BCUT2D eigenvalue weighted by Crippen LogP contribution is -2.45. The molecular weight excluding hydrogens is 450 g/mol. The van der Waals surface area contributed by atoms with Gasteiger partial charge < -0.3 is 25.3 Å². The first kappa shape index (κ1) is 25.8. The van der Waals surface area contributed by atoms with E-state index in [9.17, 15) is 14.4 Å². The first-order chi connectivity index (χ1) is 16.9. The van der Waals surface area contributed by atoms with Crippen molar-refractivity contribution in [1.29, 1.82) is 0 Å². The standard InChI is InChI=1S/C26H31N3O6/c1-33-23-15-19(7-9-22(23)34-17-24(27)30)8-10-26(32)35-18-25(31)28-21-11-13-29(14-12-21)16-20-5-3-2-4-6-20/h2-10,15,21H,11-14,16-18H2,1H3,(H2,27,30)(H,28,31)/b10-8+. The van der Waals surface area contributed by atoms with Crippen LogP contribution in [0.15, 0.2) is 54.6 Å². The van der Waals surface area contributed by atoms with E-state index in [1.165, 1.54) is 24.8 Å². The van der Waals surface area contributed by atoms with Crippen LogP contribution in [0.25, 0.3) is 6.08 Å². The molecule has 0 bridgehead atoms. The van der Waals surface area contributed by atoms with Crippen molar-refractivity contribution in [3.05, 3.63) is 65.7 Å². The van der Waals surface area contributed by atoms with E-state index >= 15 is 0 Å². The van der Waals surface area contributed by atoms with Crippen LogP contribution >= 0.6 is 0 Å². The molecule has 0 spiro atoms. The average Bonchev–Trinajstić information content (AvgIpc) is 2.87. The Morgan fingerprint density at radius 1 is 1.06 bits per heavy atom. The second kappa shape index (κ2) is 13.1. The minimum Gasteiger partial charge on any atom is -0.493 e. The number of amides is 2. The van der Waals surface area contributed by atoms with Gasteiger partial charge in [-0.15, -0.1) is 0 Å². The van der Waals surface area contributed by atoms with Gasteiger partial charge in [0.1, 0.15) is 0 Å². The lowest BCUT2D eigenvalue weighted by molar-refractivity contribution is -0.144. The molecule has 9 heteroatoms. The van der Waals surface area contributed by atoms with Crippen LogP contribution in [0.4, 0.5) is 0 Å².